The molecule has 1 N–H and O–H groups in total. The highest BCUT2D eigenvalue weighted by molar-refractivity contribution is 6.33. The van der Waals surface area contributed by atoms with Crippen LogP contribution in [0.5, 0.6) is 0 Å². The normalized spacial score (nSPS) is 18.7. The van der Waals surface area contributed by atoms with E-state index in [1.54, 1.807) is 24.4 Å². The lowest BCUT2D eigenvalue weighted by Crippen LogP contribution is -2.58. The van der Waals surface area contributed by atoms with Crippen LogP contribution in [0.1, 0.15) is 38.7 Å². The highest BCUT2D eigenvalue weighted by atomic mass is 35.5. The standard InChI is InChI=1S/C31H35Cl2F2N5O2.H2/c1-2-26-19-39(13-14-40(26)27-9-11-38(12-10-27)18-22-3-4-23(32)16-29(22)35)30-28(33)15-21(17-36-30)20-42-31(41)37-25-7-5-24(34)6-8-25;/h3-8,15-17,26-27H,2,9-14,18-20H2,1H3,(H,37,41);1H/t26-;/m0./s1. The van der Waals surface area contributed by atoms with Crippen LogP contribution in [0.2, 0.25) is 10.0 Å². The smallest absolute Gasteiger partial charge is 0.411 e. The molecule has 2 aliphatic rings. The molecular formula is C31H37Cl2F2N5O2. The van der Waals surface area contributed by atoms with E-state index in [9.17, 15) is 13.6 Å². The molecule has 5 rings (SSSR count). The number of piperazine rings is 1. The van der Waals surface area contributed by atoms with Gasteiger partial charge in [-0.25, -0.2) is 18.6 Å². The monoisotopic (exact) mass is 619 g/mol. The van der Waals surface area contributed by atoms with Crippen molar-refractivity contribution in [2.75, 3.05) is 42.9 Å². The first-order valence-corrected chi connectivity index (χ1v) is 15.1. The Labute approximate surface area is 256 Å². The Bertz CT molecular complexity index is 1380. The number of hydrogen-bond donors (Lipinski definition) is 1. The highest BCUT2D eigenvalue weighted by Crippen LogP contribution is 2.30. The summed E-state index contributed by atoms with van der Waals surface area (Å²) in [6, 6.07) is 13.0. The minimum atomic E-state index is -0.647. The predicted octanol–water partition coefficient (Wildman–Crippen LogP) is 7.23. The number of benzene rings is 2. The van der Waals surface area contributed by atoms with Gasteiger partial charge in [0.15, 0.2) is 0 Å². The summed E-state index contributed by atoms with van der Waals surface area (Å²) >= 11 is 12.6. The van der Waals surface area contributed by atoms with Crippen molar-refractivity contribution in [2.45, 2.75) is 51.4 Å². The number of ether oxygens (including phenoxy) is 1. The van der Waals surface area contributed by atoms with Crippen molar-refractivity contribution in [1.29, 1.82) is 0 Å². The second-order valence-electron chi connectivity index (χ2n) is 10.8. The molecule has 2 aromatic carbocycles. The fourth-order valence-electron chi connectivity index (χ4n) is 5.82. The van der Waals surface area contributed by atoms with E-state index in [1.807, 2.05) is 0 Å². The summed E-state index contributed by atoms with van der Waals surface area (Å²) in [5, 5.41) is 3.50. The molecule has 2 aliphatic heterocycles. The number of aromatic nitrogens is 1. The van der Waals surface area contributed by atoms with Gasteiger partial charge in [0.25, 0.3) is 0 Å². The summed E-state index contributed by atoms with van der Waals surface area (Å²) in [5.41, 5.74) is 1.80. The van der Waals surface area contributed by atoms with Gasteiger partial charge in [-0.05, 0) is 74.8 Å². The number of halogens is 4. The molecule has 226 valence electrons. The van der Waals surface area contributed by atoms with Gasteiger partial charge >= 0.3 is 6.09 Å². The van der Waals surface area contributed by atoms with Gasteiger partial charge in [-0.15, -0.1) is 0 Å². The van der Waals surface area contributed by atoms with E-state index in [4.69, 9.17) is 27.9 Å². The Morgan fingerprint density at radius 3 is 2.52 bits per heavy atom. The molecule has 0 saturated carbocycles. The van der Waals surface area contributed by atoms with Crippen molar-refractivity contribution in [3.63, 3.8) is 0 Å². The molecule has 2 fully saturated rings. The Hall–Kier alpha value is -2.98. The summed E-state index contributed by atoms with van der Waals surface area (Å²) in [7, 11) is 0. The van der Waals surface area contributed by atoms with E-state index < -0.39 is 6.09 Å². The number of carbonyl (C=O) groups is 1. The zero-order valence-corrected chi connectivity index (χ0v) is 25.1. The molecule has 1 atom stereocenters. The lowest BCUT2D eigenvalue weighted by Gasteiger charge is -2.47. The Morgan fingerprint density at radius 2 is 1.83 bits per heavy atom. The molecule has 1 aromatic heterocycles. The number of hydrogen-bond acceptors (Lipinski definition) is 6. The summed E-state index contributed by atoms with van der Waals surface area (Å²) in [4.78, 5) is 23.9. The third kappa shape index (κ3) is 7.69. The van der Waals surface area contributed by atoms with Crippen molar-refractivity contribution in [3.05, 3.63) is 87.5 Å². The zero-order valence-electron chi connectivity index (χ0n) is 23.5. The van der Waals surface area contributed by atoms with Crippen molar-refractivity contribution in [2.24, 2.45) is 0 Å². The molecule has 0 bridgehead atoms. The number of nitrogens with one attached hydrogen (secondary N) is 1. The molecule has 0 unspecified atom stereocenters. The van der Waals surface area contributed by atoms with Gasteiger partial charge in [-0.2, -0.15) is 0 Å². The van der Waals surface area contributed by atoms with Crippen LogP contribution in [-0.4, -0.2) is 65.7 Å². The van der Waals surface area contributed by atoms with Crippen LogP contribution in [-0.2, 0) is 17.9 Å². The third-order valence-electron chi connectivity index (χ3n) is 8.07. The number of rotatable bonds is 8. The highest BCUT2D eigenvalue weighted by Gasteiger charge is 2.34. The Morgan fingerprint density at radius 1 is 1.07 bits per heavy atom. The molecule has 2 saturated heterocycles. The lowest BCUT2D eigenvalue weighted by molar-refractivity contribution is 0.0607. The summed E-state index contributed by atoms with van der Waals surface area (Å²) in [6.07, 6.45) is 4.15. The molecule has 7 nitrogen and oxygen atoms in total. The molecule has 0 aliphatic carbocycles. The van der Waals surface area contributed by atoms with Crippen molar-refractivity contribution in [1.82, 2.24) is 14.8 Å². The van der Waals surface area contributed by atoms with Gasteiger partial charge < -0.3 is 9.64 Å². The average molecular weight is 621 g/mol. The minimum Gasteiger partial charge on any atom is -0.444 e. The molecule has 42 heavy (non-hydrogen) atoms. The second-order valence-corrected chi connectivity index (χ2v) is 11.7. The maximum Gasteiger partial charge on any atom is 0.411 e. The van der Waals surface area contributed by atoms with Crippen LogP contribution in [0.4, 0.5) is 25.1 Å². The van der Waals surface area contributed by atoms with Crippen LogP contribution < -0.4 is 10.2 Å². The van der Waals surface area contributed by atoms with E-state index in [2.05, 4.69) is 31.9 Å². The number of nitrogens with zero attached hydrogens (tertiary/aromatic N) is 4. The lowest BCUT2D eigenvalue weighted by atomic mass is 9.97. The van der Waals surface area contributed by atoms with Gasteiger partial charge in [0.05, 0.1) is 5.02 Å². The van der Waals surface area contributed by atoms with E-state index in [0.717, 1.165) is 57.8 Å². The van der Waals surface area contributed by atoms with Crippen LogP contribution in [0.3, 0.4) is 0 Å². The maximum absolute atomic E-state index is 14.3. The predicted molar refractivity (Wildman–Crippen MR) is 164 cm³/mol. The van der Waals surface area contributed by atoms with Crippen LogP contribution >= 0.6 is 23.2 Å². The molecule has 0 radical (unpaired) electrons. The van der Waals surface area contributed by atoms with E-state index in [0.29, 0.717) is 45.5 Å². The van der Waals surface area contributed by atoms with Crippen molar-refractivity contribution >= 4 is 40.8 Å². The Kier molecular flexibility index (Phi) is 10.2. The van der Waals surface area contributed by atoms with Crippen molar-refractivity contribution < 1.29 is 19.7 Å². The molecule has 11 heteroatoms. The molecule has 0 spiro atoms. The van der Waals surface area contributed by atoms with E-state index in [1.165, 1.54) is 30.3 Å². The zero-order chi connectivity index (χ0) is 29.6. The molecule has 3 heterocycles. The molecular weight excluding hydrogens is 583 g/mol. The number of pyridine rings is 1. The summed E-state index contributed by atoms with van der Waals surface area (Å²) in [5.74, 6) is 0.104. The van der Waals surface area contributed by atoms with Crippen LogP contribution in [0.25, 0.3) is 0 Å². The topological polar surface area (TPSA) is 60.9 Å². The number of amides is 1. The summed E-state index contributed by atoms with van der Waals surface area (Å²) in [6.45, 7) is 7.25. The molecule has 3 aromatic rings. The number of piperidine rings is 1. The number of likely N-dealkylation sites (tertiary alicyclic amines) is 1. The SMILES string of the molecule is CC[C@H]1CN(c2ncc(COC(=O)Nc3ccc(F)cc3)cc2Cl)CCN1C1CCN(Cc2ccc(Cl)cc2F)CC1.[HH]. The number of carbonyl (C=O) groups excluding carboxylic acids is 1. The second kappa shape index (κ2) is 14.0. The summed E-state index contributed by atoms with van der Waals surface area (Å²) < 4.78 is 32.6. The first-order valence-electron chi connectivity index (χ1n) is 14.3. The average Bonchev–Trinajstić information content (AvgIpc) is 2.99. The largest absolute Gasteiger partial charge is 0.444 e. The Balaban J connectivity index is 0.00000423. The minimum absolute atomic E-state index is 0. The van der Waals surface area contributed by atoms with Gasteiger partial charge in [-0.3, -0.25) is 15.1 Å². The maximum atomic E-state index is 14.3. The number of anilines is 2. The van der Waals surface area contributed by atoms with Gasteiger partial charge in [0.2, 0.25) is 0 Å². The fourth-order valence-corrected chi connectivity index (χ4v) is 6.29. The van der Waals surface area contributed by atoms with Gasteiger partial charge in [0.1, 0.15) is 24.1 Å². The first kappa shape index (κ1) is 30.5. The van der Waals surface area contributed by atoms with E-state index in [-0.39, 0.29) is 19.7 Å². The van der Waals surface area contributed by atoms with E-state index >= 15 is 0 Å². The van der Waals surface area contributed by atoms with Crippen LogP contribution in [0.15, 0.2) is 54.7 Å². The fraction of sp³-hybridized carbons (Fsp3) is 0.419. The van der Waals surface area contributed by atoms with Gasteiger partial charge in [-0.1, -0.05) is 36.2 Å². The van der Waals surface area contributed by atoms with Crippen LogP contribution in [0, 0.1) is 11.6 Å². The quantitative estimate of drug-likeness (QED) is 0.287. The third-order valence-corrected chi connectivity index (χ3v) is 8.59. The first-order chi connectivity index (χ1) is 20.3. The molecule has 1 amide bonds. The van der Waals surface area contributed by atoms with Crippen molar-refractivity contribution in [3.8, 4) is 0 Å². The van der Waals surface area contributed by atoms with Gasteiger partial charge in [0, 0.05) is 67.7 Å².